The molecule has 2 N–H and O–H groups in total. The number of alkyl halides is 3. The first-order chi connectivity index (χ1) is 19.1. The normalized spacial score (nSPS) is 12.2. The van der Waals surface area contributed by atoms with E-state index >= 15 is 0 Å². The second-order valence-corrected chi connectivity index (χ2v) is 10.1. The van der Waals surface area contributed by atoms with Crippen LogP contribution < -0.4 is 5.32 Å². The quantitative estimate of drug-likeness (QED) is 0.156. The van der Waals surface area contributed by atoms with Crippen molar-refractivity contribution >= 4 is 39.3 Å². The number of hydrogen-bond acceptors (Lipinski definition) is 5. The Labute approximate surface area is 232 Å². The molecule has 0 saturated carbocycles. The number of amides is 2. The maximum Gasteiger partial charge on any atom is 0.417 e. The third-order valence-corrected chi connectivity index (χ3v) is 7.31. The number of carbonyl (C=O) groups excluding carboxylic acids is 2. The van der Waals surface area contributed by atoms with Gasteiger partial charge in [-0.3, -0.25) is 9.59 Å². The fraction of sp³-hybridized carbons (Fsp3) is 0.241. The minimum atomic E-state index is -4.75. The Hall–Kier alpha value is -4.25. The van der Waals surface area contributed by atoms with Crippen molar-refractivity contribution in [2.45, 2.75) is 38.0 Å². The molecule has 3 aromatic carbocycles. The summed E-state index contributed by atoms with van der Waals surface area (Å²) in [5.41, 5.74) is -0.264. The van der Waals surface area contributed by atoms with Crippen molar-refractivity contribution in [3.8, 4) is 0 Å². The Bertz CT molecular complexity index is 1460. The van der Waals surface area contributed by atoms with Gasteiger partial charge in [0.1, 0.15) is 0 Å². The third-order valence-electron chi connectivity index (χ3n) is 6.26. The van der Waals surface area contributed by atoms with Gasteiger partial charge < -0.3 is 15.3 Å². The molecule has 2 amide bonds. The summed E-state index contributed by atoms with van der Waals surface area (Å²) in [6, 6.07) is 19.4. The van der Waals surface area contributed by atoms with E-state index in [1.54, 1.807) is 24.3 Å². The van der Waals surface area contributed by atoms with Crippen LogP contribution in [0.4, 0.5) is 18.0 Å². The predicted octanol–water partition coefficient (Wildman–Crippen LogP) is 6.65. The van der Waals surface area contributed by atoms with Crippen LogP contribution in [0.3, 0.4) is 0 Å². The molecule has 0 fully saturated rings. The van der Waals surface area contributed by atoms with Gasteiger partial charge in [0.2, 0.25) is 5.78 Å². The SMILES string of the molecule is O=C(N[C@@H](CCCCN(Cc1ccccc1)C(=O)O)C(=O)c1nc2ccccc2s1)c1ccccc1C(F)(F)F. The highest BCUT2D eigenvalue weighted by molar-refractivity contribution is 7.20. The zero-order valence-electron chi connectivity index (χ0n) is 21.2. The van der Waals surface area contributed by atoms with Crippen molar-refractivity contribution < 1.29 is 32.7 Å². The third kappa shape index (κ3) is 7.23. The van der Waals surface area contributed by atoms with E-state index in [1.807, 2.05) is 30.3 Å². The highest BCUT2D eigenvalue weighted by Gasteiger charge is 2.36. The summed E-state index contributed by atoms with van der Waals surface area (Å²) >= 11 is 1.14. The fourth-order valence-electron chi connectivity index (χ4n) is 4.26. The zero-order valence-corrected chi connectivity index (χ0v) is 22.0. The van der Waals surface area contributed by atoms with E-state index in [4.69, 9.17) is 0 Å². The number of nitrogens with one attached hydrogen (secondary N) is 1. The molecule has 0 unspecified atom stereocenters. The molecule has 40 heavy (non-hydrogen) atoms. The summed E-state index contributed by atoms with van der Waals surface area (Å²) in [4.78, 5) is 43.8. The fourth-order valence-corrected chi connectivity index (χ4v) is 5.22. The molecule has 0 aliphatic carbocycles. The Balaban J connectivity index is 1.49. The van der Waals surface area contributed by atoms with Gasteiger partial charge in [-0.2, -0.15) is 13.2 Å². The van der Waals surface area contributed by atoms with Crippen molar-refractivity contribution in [1.82, 2.24) is 15.2 Å². The number of unbranched alkanes of at least 4 members (excludes halogenated alkanes) is 1. The van der Waals surface area contributed by atoms with Crippen LogP contribution in [0.15, 0.2) is 78.9 Å². The van der Waals surface area contributed by atoms with Crippen molar-refractivity contribution in [2.24, 2.45) is 0 Å². The summed E-state index contributed by atoms with van der Waals surface area (Å²) in [5, 5.41) is 12.2. The lowest BCUT2D eigenvalue weighted by Crippen LogP contribution is -2.41. The van der Waals surface area contributed by atoms with E-state index in [9.17, 15) is 32.7 Å². The Morgan fingerprint density at radius 1 is 0.925 bits per heavy atom. The summed E-state index contributed by atoms with van der Waals surface area (Å²) in [5.74, 6) is -1.54. The van der Waals surface area contributed by atoms with E-state index in [-0.39, 0.29) is 24.5 Å². The first kappa shape index (κ1) is 28.8. The molecule has 1 heterocycles. The number of carboxylic acid groups (broad SMARTS) is 1. The first-order valence-corrected chi connectivity index (χ1v) is 13.3. The molecule has 0 aliphatic rings. The largest absolute Gasteiger partial charge is 0.465 e. The molecule has 1 atom stereocenters. The summed E-state index contributed by atoms with van der Waals surface area (Å²) < 4.78 is 41.3. The standard InChI is InChI=1S/C29H26F3N3O4S/c30-29(31,32)21-13-5-4-12-20(21)26(37)33-23(25(36)27-34-22-14-6-7-16-24(22)40-27)15-8-9-17-35(28(38)39)18-19-10-2-1-3-11-19/h1-7,10-14,16,23H,8-9,15,17-18H2,(H,33,37)(H,38,39)/t23-/m0/s1. The van der Waals surface area contributed by atoms with Crippen LogP contribution in [-0.2, 0) is 12.7 Å². The number of Topliss-reactive ketones (excluding diaryl/α,β-unsaturated/α-hetero) is 1. The number of fused-ring (bicyclic) bond motifs is 1. The molecule has 0 spiro atoms. The predicted molar refractivity (Wildman–Crippen MR) is 145 cm³/mol. The number of benzene rings is 3. The lowest BCUT2D eigenvalue weighted by Gasteiger charge is -2.21. The van der Waals surface area contributed by atoms with Gasteiger partial charge in [0, 0.05) is 13.1 Å². The highest BCUT2D eigenvalue weighted by atomic mass is 32.1. The van der Waals surface area contributed by atoms with Crippen LogP contribution in [0, 0.1) is 0 Å². The van der Waals surface area contributed by atoms with Gasteiger partial charge in [-0.15, -0.1) is 11.3 Å². The lowest BCUT2D eigenvalue weighted by atomic mass is 10.0. The second-order valence-electron chi connectivity index (χ2n) is 9.11. The highest BCUT2D eigenvalue weighted by Crippen LogP contribution is 2.32. The topological polar surface area (TPSA) is 99.6 Å². The average molecular weight is 570 g/mol. The molecule has 0 radical (unpaired) electrons. The molecular weight excluding hydrogens is 543 g/mol. The monoisotopic (exact) mass is 569 g/mol. The molecule has 208 valence electrons. The number of hydrogen-bond donors (Lipinski definition) is 2. The minimum absolute atomic E-state index is 0.0908. The molecule has 7 nitrogen and oxygen atoms in total. The minimum Gasteiger partial charge on any atom is -0.465 e. The van der Waals surface area contributed by atoms with E-state index < -0.39 is 41.1 Å². The molecule has 11 heteroatoms. The van der Waals surface area contributed by atoms with Crippen LogP contribution in [0.5, 0.6) is 0 Å². The molecule has 0 aliphatic heterocycles. The zero-order chi connectivity index (χ0) is 28.7. The van der Waals surface area contributed by atoms with Crippen molar-refractivity contribution in [2.75, 3.05) is 6.54 Å². The van der Waals surface area contributed by atoms with Gasteiger partial charge in [0.05, 0.1) is 27.4 Å². The maximum atomic E-state index is 13.5. The number of ketones is 1. The van der Waals surface area contributed by atoms with Gasteiger partial charge in [0.25, 0.3) is 5.91 Å². The number of carbonyl (C=O) groups is 3. The van der Waals surface area contributed by atoms with Gasteiger partial charge in [-0.25, -0.2) is 9.78 Å². The lowest BCUT2D eigenvalue weighted by molar-refractivity contribution is -0.137. The molecule has 0 bridgehead atoms. The van der Waals surface area contributed by atoms with Crippen molar-refractivity contribution in [3.63, 3.8) is 0 Å². The number of thiazole rings is 1. The van der Waals surface area contributed by atoms with Crippen molar-refractivity contribution in [3.05, 3.63) is 101 Å². The molecular formula is C29H26F3N3O4S. The van der Waals surface area contributed by atoms with E-state index in [1.165, 1.54) is 17.0 Å². The smallest absolute Gasteiger partial charge is 0.417 e. The molecule has 4 rings (SSSR count). The Kier molecular flexibility index (Phi) is 9.15. The molecule has 0 saturated heterocycles. The average Bonchev–Trinajstić information content (AvgIpc) is 3.38. The van der Waals surface area contributed by atoms with E-state index in [2.05, 4.69) is 10.3 Å². The number of halogens is 3. The summed E-state index contributed by atoms with van der Waals surface area (Å²) in [6.07, 6.45) is -5.05. The van der Waals surface area contributed by atoms with E-state index in [0.717, 1.165) is 33.7 Å². The van der Waals surface area contributed by atoms with E-state index in [0.29, 0.717) is 18.4 Å². The number of nitrogens with zero attached hydrogens (tertiary/aromatic N) is 2. The van der Waals surface area contributed by atoms with Crippen molar-refractivity contribution in [1.29, 1.82) is 0 Å². The second kappa shape index (κ2) is 12.7. The maximum absolute atomic E-state index is 13.5. The van der Waals surface area contributed by atoms with Crippen LogP contribution >= 0.6 is 11.3 Å². The summed E-state index contributed by atoms with van der Waals surface area (Å²) in [7, 11) is 0. The molecule has 4 aromatic rings. The number of rotatable bonds is 11. The van der Waals surface area contributed by atoms with Crippen LogP contribution in [0.1, 0.15) is 50.5 Å². The van der Waals surface area contributed by atoms with Gasteiger partial charge in [-0.1, -0.05) is 54.6 Å². The number of para-hydroxylation sites is 1. The van der Waals surface area contributed by atoms with Gasteiger partial charge >= 0.3 is 12.3 Å². The Morgan fingerprint density at radius 2 is 1.60 bits per heavy atom. The Morgan fingerprint density at radius 3 is 2.30 bits per heavy atom. The first-order valence-electron chi connectivity index (χ1n) is 12.5. The van der Waals surface area contributed by atoms with Crippen LogP contribution in [0.25, 0.3) is 10.2 Å². The summed E-state index contributed by atoms with van der Waals surface area (Å²) in [6.45, 7) is 0.367. The van der Waals surface area contributed by atoms with Crippen LogP contribution in [-0.4, -0.2) is 45.4 Å². The number of aromatic nitrogens is 1. The van der Waals surface area contributed by atoms with Crippen LogP contribution in [0.2, 0.25) is 0 Å². The molecule has 1 aromatic heterocycles. The van der Waals surface area contributed by atoms with Gasteiger partial charge in [0.15, 0.2) is 5.01 Å². The van der Waals surface area contributed by atoms with Gasteiger partial charge in [-0.05, 0) is 49.1 Å².